The number of hydrogen-bond donors (Lipinski definition) is 2. The third kappa shape index (κ3) is 6.82. The molecule has 36 heavy (non-hydrogen) atoms. The van der Waals surface area contributed by atoms with Crippen molar-refractivity contribution in [2.45, 2.75) is 12.8 Å². The number of anilines is 1. The molecule has 0 saturated heterocycles. The second-order valence-corrected chi connectivity index (χ2v) is 9.12. The maximum absolute atomic E-state index is 13.0. The lowest BCUT2D eigenvalue weighted by Crippen LogP contribution is -2.29. The largest absolute Gasteiger partial charge is 0.497 e. The molecule has 10 heteroatoms. The van der Waals surface area contributed by atoms with Crippen molar-refractivity contribution >= 4 is 40.9 Å². The molecule has 0 aromatic heterocycles. The van der Waals surface area contributed by atoms with Crippen molar-refractivity contribution in [2.24, 2.45) is 0 Å². The van der Waals surface area contributed by atoms with Crippen LogP contribution in [0.4, 0.5) is 5.69 Å². The van der Waals surface area contributed by atoms with E-state index in [1.165, 1.54) is 18.9 Å². The quantitative estimate of drug-likeness (QED) is 0.340. The average molecular weight is 528 g/mol. The van der Waals surface area contributed by atoms with Crippen LogP contribution in [-0.2, 0) is 19.1 Å². The smallest absolute Gasteiger partial charge is 0.336 e. The van der Waals surface area contributed by atoms with Gasteiger partial charge in [-0.15, -0.1) is 0 Å². The highest BCUT2D eigenvalue weighted by Gasteiger charge is 2.35. The second kappa shape index (κ2) is 13.0. The number of benzene rings is 2. The molecular formula is C26H26ClN3O5S. The van der Waals surface area contributed by atoms with E-state index in [0.29, 0.717) is 43.9 Å². The molecule has 1 aliphatic rings. The van der Waals surface area contributed by atoms with Crippen LogP contribution in [0, 0.1) is 11.3 Å². The summed E-state index contributed by atoms with van der Waals surface area (Å²) in [7, 11) is 3.09. The van der Waals surface area contributed by atoms with Gasteiger partial charge in [0.05, 0.1) is 47.6 Å². The summed E-state index contributed by atoms with van der Waals surface area (Å²) in [4.78, 5) is 25.6. The molecule has 0 spiro atoms. The first-order chi connectivity index (χ1) is 17.4. The van der Waals surface area contributed by atoms with Gasteiger partial charge in [-0.05, 0) is 48.9 Å². The fourth-order valence-corrected chi connectivity index (χ4v) is 4.61. The first-order valence-corrected chi connectivity index (χ1v) is 12.3. The summed E-state index contributed by atoms with van der Waals surface area (Å²) in [5, 5.41) is 17.1. The van der Waals surface area contributed by atoms with E-state index in [0.717, 1.165) is 0 Å². The van der Waals surface area contributed by atoms with Crippen LogP contribution in [-0.4, -0.2) is 45.1 Å². The molecule has 188 valence electrons. The van der Waals surface area contributed by atoms with Gasteiger partial charge in [0.2, 0.25) is 5.91 Å². The van der Waals surface area contributed by atoms with Gasteiger partial charge in [0, 0.05) is 23.5 Å². The van der Waals surface area contributed by atoms with E-state index in [4.69, 9.17) is 25.8 Å². The predicted octanol–water partition coefficient (Wildman–Crippen LogP) is 4.61. The first-order valence-electron chi connectivity index (χ1n) is 11.0. The molecule has 0 unspecified atom stereocenters. The Morgan fingerprint density at radius 1 is 1.11 bits per heavy atom. The van der Waals surface area contributed by atoms with Crippen molar-refractivity contribution in [3.8, 4) is 11.8 Å². The number of methoxy groups -OCH3 is 2. The van der Waals surface area contributed by atoms with E-state index in [1.54, 1.807) is 62.6 Å². The minimum atomic E-state index is -0.685. The van der Waals surface area contributed by atoms with E-state index in [1.807, 2.05) is 0 Å². The summed E-state index contributed by atoms with van der Waals surface area (Å²) in [5.74, 6) is -0.744. The number of nitriles is 1. The van der Waals surface area contributed by atoms with Gasteiger partial charge in [-0.3, -0.25) is 4.79 Å². The number of amides is 1. The Balaban J connectivity index is 1.84. The van der Waals surface area contributed by atoms with Gasteiger partial charge in [0.1, 0.15) is 12.4 Å². The summed E-state index contributed by atoms with van der Waals surface area (Å²) in [6.45, 7) is 2.07. The third-order valence-electron chi connectivity index (χ3n) is 5.31. The Bertz CT molecular complexity index is 1200. The molecule has 1 amide bonds. The lowest BCUT2D eigenvalue weighted by molar-refractivity contribution is -0.140. The Kier molecular flexibility index (Phi) is 9.82. The Hall–Kier alpha value is -3.45. The predicted molar refractivity (Wildman–Crippen MR) is 140 cm³/mol. The molecule has 2 aromatic carbocycles. The molecule has 0 bridgehead atoms. The lowest BCUT2D eigenvalue weighted by atomic mass is 9.82. The molecule has 1 aliphatic heterocycles. The van der Waals surface area contributed by atoms with Crippen molar-refractivity contribution < 1.29 is 23.8 Å². The minimum Gasteiger partial charge on any atom is -0.497 e. The molecule has 0 radical (unpaired) electrons. The van der Waals surface area contributed by atoms with Crippen molar-refractivity contribution in [1.82, 2.24) is 5.32 Å². The molecule has 2 aromatic rings. The van der Waals surface area contributed by atoms with Gasteiger partial charge in [-0.2, -0.15) is 5.26 Å². The normalized spacial score (nSPS) is 15.1. The van der Waals surface area contributed by atoms with E-state index in [-0.39, 0.29) is 24.9 Å². The lowest BCUT2D eigenvalue weighted by Gasteiger charge is -2.29. The minimum absolute atomic E-state index is 0.0494. The monoisotopic (exact) mass is 527 g/mol. The molecule has 0 fully saturated rings. The molecule has 0 aliphatic carbocycles. The van der Waals surface area contributed by atoms with Crippen LogP contribution in [0.25, 0.3) is 0 Å². The summed E-state index contributed by atoms with van der Waals surface area (Å²) < 4.78 is 15.5. The number of allylic oxidation sites excluding steroid dienone is 2. The van der Waals surface area contributed by atoms with Crippen LogP contribution in [0.5, 0.6) is 5.75 Å². The van der Waals surface area contributed by atoms with Crippen LogP contribution in [0.15, 0.2) is 70.4 Å². The first kappa shape index (κ1) is 27.1. The average Bonchev–Trinajstić information content (AvgIpc) is 2.88. The second-order valence-electron chi connectivity index (χ2n) is 7.70. The van der Waals surface area contributed by atoms with Crippen molar-refractivity contribution in [3.05, 3.63) is 81.0 Å². The Morgan fingerprint density at radius 3 is 2.42 bits per heavy atom. The zero-order chi connectivity index (χ0) is 26.1. The van der Waals surface area contributed by atoms with E-state index in [9.17, 15) is 14.9 Å². The van der Waals surface area contributed by atoms with Gasteiger partial charge in [0.15, 0.2) is 0 Å². The number of dihydropyridines is 1. The van der Waals surface area contributed by atoms with Crippen LogP contribution >= 0.6 is 23.4 Å². The highest BCUT2D eigenvalue weighted by Crippen LogP contribution is 2.41. The molecule has 1 heterocycles. The molecule has 2 N–H and O–H groups in total. The number of nitrogens with one attached hydrogen (secondary N) is 2. The van der Waals surface area contributed by atoms with Gasteiger partial charge < -0.3 is 24.8 Å². The molecular weight excluding hydrogens is 502 g/mol. The van der Waals surface area contributed by atoms with Gasteiger partial charge in [-0.25, -0.2) is 4.79 Å². The highest BCUT2D eigenvalue weighted by molar-refractivity contribution is 8.03. The fourth-order valence-electron chi connectivity index (χ4n) is 3.59. The van der Waals surface area contributed by atoms with Crippen LogP contribution < -0.4 is 15.4 Å². The topological polar surface area (TPSA) is 110 Å². The number of halogens is 1. The fraction of sp³-hybridized carbons (Fsp3) is 0.269. The summed E-state index contributed by atoms with van der Waals surface area (Å²) in [6, 6.07) is 16.1. The van der Waals surface area contributed by atoms with Crippen molar-refractivity contribution in [3.63, 3.8) is 0 Å². The maximum atomic E-state index is 13.0. The third-order valence-corrected chi connectivity index (χ3v) is 6.58. The number of ether oxygens (including phenoxy) is 3. The van der Waals surface area contributed by atoms with Crippen molar-refractivity contribution in [2.75, 3.05) is 38.5 Å². The molecule has 8 nitrogen and oxygen atoms in total. The van der Waals surface area contributed by atoms with Crippen LogP contribution in [0.1, 0.15) is 18.4 Å². The summed E-state index contributed by atoms with van der Waals surface area (Å²) in [5.41, 5.74) is 2.50. The number of carbonyl (C=O) groups excluding carboxylic acids is 2. The highest BCUT2D eigenvalue weighted by atomic mass is 35.5. The zero-order valence-electron chi connectivity index (χ0n) is 20.1. The number of hydrogen-bond acceptors (Lipinski definition) is 8. The zero-order valence-corrected chi connectivity index (χ0v) is 21.7. The standard InChI is InChI=1S/C26H26ClN3O5S/c1-16-23(26(32)35-13-12-33-2)24(17-4-6-18(27)7-5-17)21(14-28)25(29-16)36-15-22(31)30-19-8-10-20(34-3)11-9-19/h4-11,24,29H,12-13,15H2,1-3H3,(H,30,31)/t24-/m1/s1. The Labute approximate surface area is 219 Å². The number of thioether (sulfide) groups is 1. The number of rotatable bonds is 10. The summed E-state index contributed by atoms with van der Waals surface area (Å²) in [6.07, 6.45) is 0. The van der Waals surface area contributed by atoms with Gasteiger partial charge in [0.25, 0.3) is 0 Å². The van der Waals surface area contributed by atoms with Crippen molar-refractivity contribution in [1.29, 1.82) is 5.26 Å². The summed E-state index contributed by atoms with van der Waals surface area (Å²) >= 11 is 7.25. The maximum Gasteiger partial charge on any atom is 0.336 e. The number of nitrogens with zero attached hydrogens (tertiary/aromatic N) is 1. The van der Waals surface area contributed by atoms with Crippen LogP contribution in [0.3, 0.4) is 0 Å². The molecule has 3 rings (SSSR count). The van der Waals surface area contributed by atoms with Gasteiger partial charge >= 0.3 is 5.97 Å². The Morgan fingerprint density at radius 2 is 1.81 bits per heavy atom. The molecule has 1 atom stereocenters. The molecule has 0 saturated carbocycles. The number of carbonyl (C=O) groups is 2. The van der Waals surface area contributed by atoms with E-state index < -0.39 is 11.9 Å². The van der Waals surface area contributed by atoms with E-state index >= 15 is 0 Å². The van der Waals surface area contributed by atoms with Crippen LogP contribution in [0.2, 0.25) is 5.02 Å². The van der Waals surface area contributed by atoms with Gasteiger partial charge in [-0.1, -0.05) is 35.5 Å². The van der Waals surface area contributed by atoms with E-state index in [2.05, 4.69) is 16.7 Å². The number of esters is 1. The SMILES string of the molecule is COCCOC(=O)C1=C(C)NC(SCC(=O)Nc2ccc(OC)cc2)=C(C#N)[C@H]1c1ccc(Cl)cc1.